The van der Waals surface area contributed by atoms with E-state index in [-0.39, 0.29) is 17.9 Å². The van der Waals surface area contributed by atoms with Gasteiger partial charge in [0.05, 0.1) is 0 Å². The van der Waals surface area contributed by atoms with Crippen molar-refractivity contribution < 1.29 is 18.5 Å². The van der Waals surface area contributed by atoms with Crippen LogP contribution in [-0.4, -0.2) is 62.4 Å². The van der Waals surface area contributed by atoms with E-state index in [0.29, 0.717) is 49.4 Å². The van der Waals surface area contributed by atoms with Crippen LogP contribution in [0.4, 0.5) is 0 Å². The van der Waals surface area contributed by atoms with Crippen molar-refractivity contribution in [2.45, 2.75) is 52.5 Å². The lowest BCUT2D eigenvalue weighted by Crippen LogP contribution is -2.51. The number of hydrogen-bond acceptors (Lipinski definition) is 7. The Kier molecular flexibility index (Phi) is 6.43. The lowest BCUT2D eigenvalue weighted by molar-refractivity contribution is -0.132. The lowest BCUT2D eigenvalue weighted by Gasteiger charge is -2.38. The first-order valence-electron chi connectivity index (χ1n) is 9.70. The van der Waals surface area contributed by atoms with Crippen LogP contribution in [0.15, 0.2) is 21.6 Å². The molecule has 0 N–H and O–H groups in total. The number of carbonyl (C=O) groups is 2. The van der Waals surface area contributed by atoms with E-state index < -0.39 is 0 Å². The molecule has 0 bridgehead atoms. The monoisotopic (exact) mass is 389 g/mol. The van der Waals surface area contributed by atoms with E-state index in [2.05, 4.69) is 29.0 Å². The van der Waals surface area contributed by atoms with Gasteiger partial charge in [0.25, 0.3) is 5.91 Å². The Balaban J connectivity index is 1.60. The standard InChI is InChI=1S/C19H27N5O4/c1-13(2)9-18-21-17(22-28-18)6-8-24(14(3)25)15-5-4-7-23(10-15)19(26)16-11-27-12-20-16/h11-13,15H,4-10H2,1-3H3. The van der Waals surface area contributed by atoms with E-state index in [4.69, 9.17) is 8.94 Å². The third kappa shape index (κ3) is 4.96. The van der Waals surface area contributed by atoms with Crippen LogP contribution in [0.2, 0.25) is 0 Å². The van der Waals surface area contributed by atoms with E-state index in [1.807, 2.05) is 0 Å². The van der Waals surface area contributed by atoms with Gasteiger partial charge >= 0.3 is 0 Å². The maximum atomic E-state index is 12.5. The SMILES string of the molecule is CC(=O)N(CCc1noc(CC(C)C)n1)C1CCCN(C(=O)c2cocn2)C1. The summed E-state index contributed by atoms with van der Waals surface area (Å²) in [7, 11) is 0. The minimum Gasteiger partial charge on any atom is -0.451 e. The van der Waals surface area contributed by atoms with Crippen LogP contribution in [0.25, 0.3) is 0 Å². The summed E-state index contributed by atoms with van der Waals surface area (Å²) in [6.07, 6.45) is 5.54. The van der Waals surface area contributed by atoms with Gasteiger partial charge in [-0.05, 0) is 18.8 Å². The van der Waals surface area contributed by atoms with Crippen LogP contribution in [0.1, 0.15) is 55.8 Å². The first-order chi connectivity index (χ1) is 13.4. The fourth-order valence-electron chi connectivity index (χ4n) is 3.52. The Morgan fingerprint density at radius 3 is 2.89 bits per heavy atom. The Morgan fingerprint density at radius 1 is 1.39 bits per heavy atom. The van der Waals surface area contributed by atoms with Crippen LogP contribution in [0.3, 0.4) is 0 Å². The molecule has 152 valence electrons. The molecule has 0 spiro atoms. The molecular weight excluding hydrogens is 362 g/mol. The van der Waals surface area contributed by atoms with Gasteiger partial charge in [0.15, 0.2) is 17.9 Å². The minimum atomic E-state index is -0.168. The highest BCUT2D eigenvalue weighted by atomic mass is 16.5. The van der Waals surface area contributed by atoms with E-state index in [1.54, 1.807) is 16.7 Å². The second kappa shape index (κ2) is 8.99. The molecule has 0 saturated carbocycles. The number of aromatic nitrogens is 3. The van der Waals surface area contributed by atoms with Gasteiger partial charge in [-0.15, -0.1) is 0 Å². The van der Waals surface area contributed by atoms with Crippen LogP contribution < -0.4 is 0 Å². The molecule has 3 rings (SSSR count). The third-order valence-corrected chi connectivity index (χ3v) is 4.85. The van der Waals surface area contributed by atoms with E-state index in [1.165, 1.54) is 12.7 Å². The molecule has 3 heterocycles. The first-order valence-corrected chi connectivity index (χ1v) is 9.70. The van der Waals surface area contributed by atoms with Crippen molar-refractivity contribution in [3.05, 3.63) is 30.1 Å². The van der Waals surface area contributed by atoms with Crippen LogP contribution >= 0.6 is 0 Å². The molecule has 2 amide bonds. The number of hydrogen-bond donors (Lipinski definition) is 0. The van der Waals surface area contributed by atoms with Gasteiger partial charge in [0, 0.05) is 45.4 Å². The second-order valence-corrected chi connectivity index (χ2v) is 7.59. The second-order valence-electron chi connectivity index (χ2n) is 7.59. The van der Waals surface area contributed by atoms with Gasteiger partial charge in [0.2, 0.25) is 11.8 Å². The van der Waals surface area contributed by atoms with Crippen molar-refractivity contribution in [3.63, 3.8) is 0 Å². The molecule has 1 aliphatic rings. The zero-order valence-corrected chi connectivity index (χ0v) is 16.6. The summed E-state index contributed by atoms with van der Waals surface area (Å²) >= 11 is 0. The molecule has 0 aliphatic carbocycles. The maximum Gasteiger partial charge on any atom is 0.275 e. The van der Waals surface area contributed by atoms with Crippen molar-refractivity contribution >= 4 is 11.8 Å². The van der Waals surface area contributed by atoms with Crippen molar-refractivity contribution in [3.8, 4) is 0 Å². The molecule has 28 heavy (non-hydrogen) atoms. The number of oxazole rings is 1. The molecule has 0 radical (unpaired) electrons. The van der Waals surface area contributed by atoms with Gasteiger partial charge in [-0.2, -0.15) is 4.98 Å². The third-order valence-electron chi connectivity index (χ3n) is 4.85. The summed E-state index contributed by atoms with van der Waals surface area (Å²) in [4.78, 5) is 36.7. The van der Waals surface area contributed by atoms with Crippen molar-refractivity contribution in [1.29, 1.82) is 0 Å². The number of carbonyl (C=O) groups excluding carboxylic acids is 2. The molecule has 1 saturated heterocycles. The Hall–Kier alpha value is -2.71. The van der Waals surface area contributed by atoms with Gasteiger partial charge in [0.1, 0.15) is 6.26 Å². The smallest absolute Gasteiger partial charge is 0.275 e. The predicted molar refractivity (Wildman–Crippen MR) is 99.4 cm³/mol. The summed E-state index contributed by atoms with van der Waals surface area (Å²) in [6, 6.07) is -0.0378. The average Bonchev–Trinajstić information content (AvgIpc) is 3.33. The lowest BCUT2D eigenvalue weighted by atomic mass is 10.0. The molecule has 2 aromatic heterocycles. The Bertz CT molecular complexity index is 786. The topological polar surface area (TPSA) is 106 Å². The summed E-state index contributed by atoms with van der Waals surface area (Å²) in [5.41, 5.74) is 0.291. The normalized spacial score (nSPS) is 17.1. The van der Waals surface area contributed by atoms with Crippen molar-refractivity contribution in [2.24, 2.45) is 5.92 Å². The first kappa shape index (κ1) is 20.0. The fraction of sp³-hybridized carbons (Fsp3) is 0.632. The summed E-state index contributed by atoms with van der Waals surface area (Å²) in [5, 5.41) is 4.02. The summed E-state index contributed by atoms with van der Waals surface area (Å²) in [5.74, 6) is 1.48. The zero-order valence-electron chi connectivity index (χ0n) is 16.6. The average molecular weight is 389 g/mol. The molecule has 9 nitrogen and oxygen atoms in total. The van der Waals surface area contributed by atoms with Crippen molar-refractivity contribution in [1.82, 2.24) is 24.9 Å². The largest absolute Gasteiger partial charge is 0.451 e. The highest BCUT2D eigenvalue weighted by Gasteiger charge is 2.30. The molecule has 1 atom stereocenters. The zero-order chi connectivity index (χ0) is 20.1. The predicted octanol–water partition coefficient (Wildman–Crippen LogP) is 1.95. The molecule has 1 fully saturated rings. The molecular formula is C19H27N5O4. The number of likely N-dealkylation sites (tertiary alicyclic amines) is 1. The van der Waals surface area contributed by atoms with Crippen LogP contribution in [0, 0.1) is 5.92 Å². The van der Waals surface area contributed by atoms with E-state index >= 15 is 0 Å². The molecule has 9 heteroatoms. The summed E-state index contributed by atoms with van der Waals surface area (Å²) in [6.45, 7) is 7.37. The van der Waals surface area contributed by atoms with Crippen LogP contribution in [-0.2, 0) is 17.6 Å². The Morgan fingerprint density at radius 2 is 2.21 bits per heavy atom. The highest BCUT2D eigenvalue weighted by molar-refractivity contribution is 5.92. The maximum absolute atomic E-state index is 12.5. The fourth-order valence-corrected chi connectivity index (χ4v) is 3.52. The Labute approximate surface area is 164 Å². The van der Waals surface area contributed by atoms with Crippen LogP contribution in [0.5, 0.6) is 0 Å². The number of rotatable bonds is 7. The molecule has 0 aromatic carbocycles. The molecule has 1 aliphatic heterocycles. The minimum absolute atomic E-state index is 0.0216. The van der Waals surface area contributed by atoms with E-state index in [0.717, 1.165) is 19.3 Å². The van der Waals surface area contributed by atoms with Gasteiger partial charge in [-0.25, -0.2) is 4.98 Å². The van der Waals surface area contributed by atoms with E-state index in [9.17, 15) is 9.59 Å². The number of nitrogens with zero attached hydrogens (tertiary/aromatic N) is 5. The highest BCUT2D eigenvalue weighted by Crippen LogP contribution is 2.19. The number of piperidine rings is 1. The number of amides is 2. The quantitative estimate of drug-likeness (QED) is 0.712. The van der Waals surface area contributed by atoms with Crippen molar-refractivity contribution in [2.75, 3.05) is 19.6 Å². The van der Waals surface area contributed by atoms with Gasteiger partial charge < -0.3 is 18.7 Å². The molecule has 2 aromatic rings. The molecule has 1 unspecified atom stereocenters. The summed E-state index contributed by atoms with van der Waals surface area (Å²) < 4.78 is 10.2. The van der Waals surface area contributed by atoms with Gasteiger partial charge in [-0.1, -0.05) is 19.0 Å². The van der Waals surface area contributed by atoms with Gasteiger partial charge in [-0.3, -0.25) is 9.59 Å².